The van der Waals surface area contributed by atoms with Crippen molar-refractivity contribution >= 4 is 23.2 Å². The highest BCUT2D eigenvalue weighted by Crippen LogP contribution is 2.25. The predicted molar refractivity (Wildman–Crippen MR) is 68.7 cm³/mol. The lowest BCUT2D eigenvalue weighted by Gasteiger charge is -2.08. The standard InChI is InChI=1S/C11H13FN4O4/c1-14-8-4-6(9(16(19)20)5-7(8)12)11(18)15-3-2-10(13)17/h4-5,14H,2-3H2,1H3,(H2,13,17)(H,15,18). The van der Waals surface area contributed by atoms with Crippen LogP contribution in [0.15, 0.2) is 12.1 Å². The molecule has 0 radical (unpaired) electrons. The molecule has 20 heavy (non-hydrogen) atoms. The molecule has 108 valence electrons. The van der Waals surface area contributed by atoms with Gasteiger partial charge in [0.15, 0.2) is 5.82 Å². The Morgan fingerprint density at radius 3 is 2.60 bits per heavy atom. The van der Waals surface area contributed by atoms with Gasteiger partial charge in [-0.25, -0.2) is 4.39 Å². The van der Waals surface area contributed by atoms with Gasteiger partial charge in [-0.3, -0.25) is 19.7 Å². The van der Waals surface area contributed by atoms with Crippen LogP contribution in [0.4, 0.5) is 15.8 Å². The quantitative estimate of drug-likeness (QED) is 0.514. The molecule has 0 heterocycles. The maximum atomic E-state index is 13.5. The van der Waals surface area contributed by atoms with Gasteiger partial charge in [-0.1, -0.05) is 0 Å². The molecule has 1 aromatic carbocycles. The smallest absolute Gasteiger partial charge is 0.285 e. The Balaban J connectivity index is 3.04. The van der Waals surface area contributed by atoms with Gasteiger partial charge in [-0.05, 0) is 6.07 Å². The zero-order chi connectivity index (χ0) is 15.3. The molecule has 0 bridgehead atoms. The monoisotopic (exact) mass is 284 g/mol. The zero-order valence-corrected chi connectivity index (χ0v) is 10.6. The molecule has 8 nitrogen and oxygen atoms in total. The van der Waals surface area contributed by atoms with Crippen LogP contribution in [0.25, 0.3) is 0 Å². The van der Waals surface area contributed by atoms with Crippen molar-refractivity contribution in [1.29, 1.82) is 0 Å². The molecule has 0 aliphatic heterocycles. The second kappa shape index (κ2) is 6.45. The lowest BCUT2D eigenvalue weighted by molar-refractivity contribution is -0.385. The molecule has 1 rings (SSSR count). The minimum absolute atomic E-state index is 0.0457. The largest absolute Gasteiger partial charge is 0.386 e. The van der Waals surface area contributed by atoms with E-state index in [9.17, 15) is 24.1 Å². The number of hydrogen-bond donors (Lipinski definition) is 3. The summed E-state index contributed by atoms with van der Waals surface area (Å²) in [7, 11) is 1.42. The van der Waals surface area contributed by atoms with E-state index < -0.39 is 28.2 Å². The fourth-order valence-corrected chi connectivity index (χ4v) is 1.48. The molecule has 2 amide bonds. The third kappa shape index (κ3) is 3.64. The van der Waals surface area contributed by atoms with Crippen LogP contribution in [-0.4, -0.2) is 30.3 Å². The third-order valence-electron chi connectivity index (χ3n) is 2.45. The Kier molecular flexibility index (Phi) is 4.95. The van der Waals surface area contributed by atoms with E-state index in [-0.39, 0.29) is 24.2 Å². The van der Waals surface area contributed by atoms with Gasteiger partial charge in [-0.2, -0.15) is 0 Å². The number of carbonyl (C=O) groups is 2. The van der Waals surface area contributed by atoms with E-state index in [0.29, 0.717) is 6.07 Å². The van der Waals surface area contributed by atoms with E-state index in [1.807, 2.05) is 0 Å². The number of carbonyl (C=O) groups excluding carboxylic acids is 2. The minimum Gasteiger partial charge on any atom is -0.386 e. The van der Waals surface area contributed by atoms with Crippen LogP contribution < -0.4 is 16.4 Å². The molecular weight excluding hydrogens is 271 g/mol. The molecule has 0 spiro atoms. The molecular formula is C11H13FN4O4. The summed E-state index contributed by atoms with van der Waals surface area (Å²) < 4.78 is 13.5. The van der Waals surface area contributed by atoms with Crippen LogP contribution >= 0.6 is 0 Å². The van der Waals surface area contributed by atoms with E-state index in [1.54, 1.807) is 0 Å². The maximum Gasteiger partial charge on any atom is 0.285 e. The SMILES string of the molecule is CNc1cc(C(=O)NCCC(N)=O)c([N+](=O)[O-])cc1F. The molecule has 9 heteroatoms. The van der Waals surface area contributed by atoms with Crippen molar-refractivity contribution in [1.82, 2.24) is 5.32 Å². The number of halogens is 1. The van der Waals surface area contributed by atoms with Crippen molar-refractivity contribution in [3.05, 3.63) is 33.6 Å². The number of nitrogens with zero attached hydrogens (tertiary/aromatic N) is 1. The highest BCUT2D eigenvalue weighted by Gasteiger charge is 2.23. The number of anilines is 1. The average molecular weight is 284 g/mol. The number of primary amides is 1. The number of nitrogens with one attached hydrogen (secondary N) is 2. The first-order chi connectivity index (χ1) is 9.36. The summed E-state index contributed by atoms with van der Waals surface area (Å²) in [6.45, 7) is -0.0580. The number of hydrogen-bond acceptors (Lipinski definition) is 5. The number of nitrogens with two attached hydrogens (primary N) is 1. The highest BCUT2D eigenvalue weighted by atomic mass is 19.1. The molecule has 0 fully saturated rings. The van der Waals surface area contributed by atoms with Crippen molar-refractivity contribution in [3.8, 4) is 0 Å². The Bertz CT molecular complexity index is 562. The van der Waals surface area contributed by atoms with Gasteiger partial charge >= 0.3 is 0 Å². The molecule has 0 aromatic heterocycles. The molecule has 0 saturated carbocycles. The molecule has 0 aliphatic carbocycles. The third-order valence-corrected chi connectivity index (χ3v) is 2.45. The molecule has 0 aliphatic rings. The Labute approximate surface area is 113 Å². The summed E-state index contributed by atoms with van der Waals surface area (Å²) in [4.78, 5) is 32.3. The summed E-state index contributed by atoms with van der Waals surface area (Å²) in [5, 5.41) is 15.6. The molecule has 0 unspecified atom stereocenters. The van der Waals surface area contributed by atoms with E-state index >= 15 is 0 Å². The molecule has 1 aromatic rings. The fraction of sp³-hybridized carbons (Fsp3) is 0.273. The van der Waals surface area contributed by atoms with Crippen molar-refractivity contribution in [3.63, 3.8) is 0 Å². The minimum atomic E-state index is -0.856. The van der Waals surface area contributed by atoms with Gasteiger partial charge in [0.1, 0.15) is 5.56 Å². The van der Waals surface area contributed by atoms with Crippen LogP contribution in [0.1, 0.15) is 16.8 Å². The topological polar surface area (TPSA) is 127 Å². The van der Waals surface area contributed by atoms with Crippen LogP contribution in [0.5, 0.6) is 0 Å². The molecule has 4 N–H and O–H groups in total. The van der Waals surface area contributed by atoms with Gasteiger partial charge in [0.05, 0.1) is 16.7 Å². The van der Waals surface area contributed by atoms with E-state index in [2.05, 4.69) is 10.6 Å². The van der Waals surface area contributed by atoms with E-state index in [1.165, 1.54) is 7.05 Å². The van der Waals surface area contributed by atoms with Crippen LogP contribution in [0.3, 0.4) is 0 Å². The summed E-state index contributed by atoms with van der Waals surface area (Å²) in [6.07, 6.45) is -0.0976. The Hall–Kier alpha value is -2.71. The summed E-state index contributed by atoms with van der Waals surface area (Å²) in [5.41, 5.74) is 3.90. The summed E-state index contributed by atoms with van der Waals surface area (Å²) in [6, 6.07) is 1.70. The predicted octanol–water partition coefficient (Wildman–Crippen LogP) is 0.381. The first-order valence-electron chi connectivity index (χ1n) is 5.59. The number of nitro benzene ring substituents is 1. The fourth-order valence-electron chi connectivity index (χ4n) is 1.48. The van der Waals surface area contributed by atoms with Gasteiger partial charge in [0.2, 0.25) is 5.91 Å². The van der Waals surface area contributed by atoms with E-state index in [0.717, 1.165) is 6.07 Å². The first kappa shape index (κ1) is 15.3. The summed E-state index contributed by atoms with van der Waals surface area (Å²) in [5.74, 6) is -2.24. The second-order valence-corrected chi connectivity index (χ2v) is 3.83. The van der Waals surface area contributed by atoms with Gasteiger partial charge in [0.25, 0.3) is 11.6 Å². The molecule has 0 saturated heterocycles. The summed E-state index contributed by atoms with van der Waals surface area (Å²) >= 11 is 0. The van der Waals surface area contributed by atoms with Gasteiger partial charge in [-0.15, -0.1) is 0 Å². The number of nitro groups is 1. The Morgan fingerprint density at radius 1 is 1.45 bits per heavy atom. The second-order valence-electron chi connectivity index (χ2n) is 3.83. The van der Waals surface area contributed by atoms with Crippen LogP contribution in [-0.2, 0) is 4.79 Å². The van der Waals surface area contributed by atoms with Crippen molar-refractivity contribution < 1.29 is 18.9 Å². The Morgan fingerprint density at radius 2 is 2.10 bits per heavy atom. The van der Waals surface area contributed by atoms with Crippen molar-refractivity contribution in [2.75, 3.05) is 18.9 Å². The van der Waals surface area contributed by atoms with Crippen LogP contribution in [0.2, 0.25) is 0 Å². The number of benzene rings is 1. The lowest BCUT2D eigenvalue weighted by atomic mass is 10.1. The number of rotatable bonds is 6. The zero-order valence-electron chi connectivity index (χ0n) is 10.6. The molecule has 0 atom stereocenters. The first-order valence-corrected chi connectivity index (χ1v) is 5.59. The van der Waals surface area contributed by atoms with Gasteiger partial charge < -0.3 is 16.4 Å². The van der Waals surface area contributed by atoms with Gasteiger partial charge in [0, 0.05) is 20.0 Å². The van der Waals surface area contributed by atoms with Crippen LogP contribution in [0, 0.1) is 15.9 Å². The van der Waals surface area contributed by atoms with Crippen molar-refractivity contribution in [2.24, 2.45) is 5.73 Å². The lowest BCUT2D eigenvalue weighted by Crippen LogP contribution is -2.28. The average Bonchev–Trinajstić information content (AvgIpc) is 2.37. The van der Waals surface area contributed by atoms with Crippen molar-refractivity contribution in [2.45, 2.75) is 6.42 Å². The normalized spacial score (nSPS) is 9.90. The maximum absolute atomic E-state index is 13.5. The highest BCUT2D eigenvalue weighted by molar-refractivity contribution is 5.99. The van der Waals surface area contributed by atoms with E-state index in [4.69, 9.17) is 5.73 Å². The number of amides is 2.